The fourth-order valence-corrected chi connectivity index (χ4v) is 2.80. The summed E-state index contributed by atoms with van der Waals surface area (Å²) in [5.41, 5.74) is 15.6. The summed E-state index contributed by atoms with van der Waals surface area (Å²) in [5.74, 6) is 1.19. The van der Waals surface area contributed by atoms with Gasteiger partial charge in [-0.25, -0.2) is 0 Å². The standard InChI is InChI=1S/C15H24N2/c1-10(2)14-9-12(5-8-15(14)17)11-3-6-13(16)7-4-11/h5,8-11,13H,3-4,6-7,16-17H2,1-2H3. The van der Waals surface area contributed by atoms with Crippen molar-refractivity contribution in [1.29, 1.82) is 0 Å². The van der Waals surface area contributed by atoms with Crippen LogP contribution in [-0.4, -0.2) is 6.04 Å². The molecule has 0 bridgehead atoms. The maximum atomic E-state index is 6.02. The van der Waals surface area contributed by atoms with E-state index < -0.39 is 0 Å². The van der Waals surface area contributed by atoms with Crippen LogP contribution in [0, 0.1) is 0 Å². The summed E-state index contributed by atoms with van der Waals surface area (Å²) in [6, 6.07) is 6.99. The number of nitrogens with two attached hydrogens (primary N) is 2. The van der Waals surface area contributed by atoms with E-state index in [1.807, 2.05) is 0 Å². The summed E-state index contributed by atoms with van der Waals surface area (Å²) in [4.78, 5) is 0. The van der Waals surface area contributed by atoms with Gasteiger partial charge < -0.3 is 11.5 Å². The van der Waals surface area contributed by atoms with E-state index in [9.17, 15) is 0 Å². The Balaban J connectivity index is 2.19. The molecule has 0 radical (unpaired) electrons. The first-order valence-electron chi connectivity index (χ1n) is 6.73. The Hall–Kier alpha value is -1.02. The molecule has 0 saturated heterocycles. The molecule has 0 heterocycles. The summed E-state index contributed by atoms with van der Waals surface area (Å²) in [6.07, 6.45) is 4.77. The van der Waals surface area contributed by atoms with Crippen LogP contribution < -0.4 is 11.5 Å². The van der Waals surface area contributed by atoms with Crippen molar-refractivity contribution < 1.29 is 0 Å². The molecule has 0 unspecified atom stereocenters. The predicted molar refractivity (Wildman–Crippen MR) is 74.1 cm³/mol. The van der Waals surface area contributed by atoms with Crippen LogP contribution in [0.1, 0.15) is 62.5 Å². The van der Waals surface area contributed by atoms with Gasteiger partial charge in [-0.1, -0.05) is 26.0 Å². The Bertz CT molecular complexity index is 377. The van der Waals surface area contributed by atoms with Crippen LogP contribution in [0.4, 0.5) is 5.69 Å². The topological polar surface area (TPSA) is 52.0 Å². The third-order valence-corrected chi connectivity index (χ3v) is 3.98. The smallest absolute Gasteiger partial charge is 0.0349 e. The molecular weight excluding hydrogens is 208 g/mol. The minimum atomic E-state index is 0.421. The highest BCUT2D eigenvalue weighted by Gasteiger charge is 2.20. The van der Waals surface area contributed by atoms with Crippen LogP contribution in [0.3, 0.4) is 0 Å². The van der Waals surface area contributed by atoms with Crippen molar-refractivity contribution in [2.24, 2.45) is 5.73 Å². The van der Waals surface area contributed by atoms with E-state index in [1.165, 1.54) is 24.0 Å². The van der Waals surface area contributed by atoms with Crippen molar-refractivity contribution in [2.45, 2.75) is 57.4 Å². The van der Waals surface area contributed by atoms with Gasteiger partial charge in [0.2, 0.25) is 0 Å². The highest BCUT2D eigenvalue weighted by molar-refractivity contribution is 5.50. The van der Waals surface area contributed by atoms with Crippen LogP contribution in [0.2, 0.25) is 0 Å². The van der Waals surface area contributed by atoms with Crippen molar-refractivity contribution >= 4 is 5.69 Å². The number of hydrogen-bond acceptors (Lipinski definition) is 2. The number of nitrogen functional groups attached to an aromatic ring is 1. The van der Waals surface area contributed by atoms with Gasteiger partial charge in [-0.05, 0) is 54.7 Å². The molecule has 2 nitrogen and oxygen atoms in total. The van der Waals surface area contributed by atoms with E-state index in [0.717, 1.165) is 18.5 Å². The van der Waals surface area contributed by atoms with Crippen molar-refractivity contribution in [3.63, 3.8) is 0 Å². The van der Waals surface area contributed by atoms with Crippen LogP contribution in [-0.2, 0) is 0 Å². The quantitative estimate of drug-likeness (QED) is 0.768. The zero-order valence-corrected chi connectivity index (χ0v) is 10.9. The first kappa shape index (κ1) is 12.4. The van der Waals surface area contributed by atoms with Gasteiger partial charge in [0.15, 0.2) is 0 Å². The predicted octanol–water partition coefficient (Wildman–Crippen LogP) is 3.38. The molecule has 0 aromatic heterocycles. The summed E-state index contributed by atoms with van der Waals surface area (Å²) in [6.45, 7) is 4.40. The number of rotatable bonds is 2. The molecule has 0 spiro atoms. The van der Waals surface area contributed by atoms with Gasteiger partial charge in [-0.2, -0.15) is 0 Å². The molecule has 1 aliphatic rings. The second-order valence-corrected chi connectivity index (χ2v) is 5.65. The lowest BCUT2D eigenvalue weighted by molar-refractivity contribution is 0.395. The second-order valence-electron chi connectivity index (χ2n) is 5.65. The normalized spacial score (nSPS) is 25.2. The van der Waals surface area contributed by atoms with E-state index in [0.29, 0.717) is 17.9 Å². The molecule has 1 aliphatic carbocycles. The molecule has 4 N–H and O–H groups in total. The minimum absolute atomic E-state index is 0.421. The molecule has 2 rings (SSSR count). The maximum Gasteiger partial charge on any atom is 0.0349 e. The lowest BCUT2D eigenvalue weighted by Crippen LogP contribution is -2.25. The van der Waals surface area contributed by atoms with Crippen molar-refractivity contribution in [3.05, 3.63) is 29.3 Å². The molecule has 1 aromatic rings. The zero-order valence-electron chi connectivity index (χ0n) is 10.9. The van der Waals surface area contributed by atoms with E-state index >= 15 is 0 Å². The summed E-state index contributed by atoms with van der Waals surface area (Å²) < 4.78 is 0. The molecule has 2 heteroatoms. The van der Waals surface area contributed by atoms with Gasteiger partial charge >= 0.3 is 0 Å². The lowest BCUT2D eigenvalue weighted by Gasteiger charge is -2.27. The van der Waals surface area contributed by atoms with Crippen molar-refractivity contribution in [3.8, 4) is 0 Å². The highest BCUT2D eigenvalue weighted by Crippen LogP contribution is 2.34. The largest absolute Gasteiger partial charge is 0.398 e. The molecule has 0 amide bonds. The van der Waals surface area contributed by atoms with Crippen LogP contribution in [0.25, 0.3) is 0 Å². The van der Waals surface area contributed by atoms with Gasteiger partial charge in [-0.15, -0.1) is 0 Å². The Morgan fingerprint density at radius 3 is 2.35 bits per heavy atom. The molecule has 1 fully saturated rings. The Morgan fingerprint density at radius 1 is 1.12 bits per heavy atom. The second kappa shape index (κ2) is 5.09. The molecule has 1 saturated carbocycles. The van der Waals surface area contributed by atoms with Gasteiger partial charge in [-0.3, -0.25) is 0 Å². The molecule has 0 aliphatic heterocycles. The first-order valence-corrected chi connectivity index (χ1v) is 6.73. The Morgan fingerprint density at radius 2 is 1.76 bits per heavy atom. The van der Waals surface area contributed by atoms with Gasteiger partial charge in [0.1, 0.15) is 0 Å². The van der Waals surface area contributed by atoms with E-state index in [1.54, 1.807) is 0 Å². The first-order chi connectivity index (χ1) is 8.08. The minimum Gasteiger partial charge on any atom is -0.398 e. The Kier molecular flexibility index (Phi) is 3.72. The molecular formula is C15H24N2. The van der Waals surface area contributed by atoms with Gasteiger partial charge in [0.05, 0.1) is 0 Å². The van der Waals surface area contributed by atoms with E-state index in [4.69, 9.17) is 11.5 Å². The van der Waals surface area contributed by atoms with Crippen molar-refractivity contribution in [1.82, 2.24) is 0 Å². The van der Waals surface area contributed by atoms with E-state index in [2.05, 4.69) is 32.0 Å². The summed E-state index contributed by atoms with van der Waals surface area (Å²) >= 11 is 0. The fourth-order valence-electron chi connectivity index (χ4n) is 2.80. The molecule has 0 atom stereocenters. The molecule has 17 heavy (non-hydrogen) atoms. The maximum absolute atomic E-state index is 6.02. The SMILES string of the molecule is CC(C)c1cc(C2CCC(N)CC2)ccc1N. The summed E-state index contributed by atoms with van der Waals surface area (Å²) in [5, 5.41) is 0. The Labute approximate surface area is 104 Å². The van der Waals surface area contributed by atoms with Gasteiger partial charge in [0.25, 0.3) is 0 Å². The average molecular weight is 232 g/mol. The number of anilines is 1. The zero-order chi connectivity index (χ0) is 12.4. The van der Waals surface area contributed by atoms with E-state index in [-0.39, 0.29) is 0 Å². The van der Waals surface area contributed by atoms with Crippen LogP contribution in [0.15, 0.2) is 18.2 Å². The summed E-state index contributed by atoms with van der Waals surface area (Å²) in [7, 11) is 0. The number of hydrogen-bond donors (Lipinski definition) is 2. The molecule has 94 valence electrons. The monoisotopic (exact) mass is 232 g/mol. The van der Waals surface area contributed by atoms with Gasteiger partial charge in [0, 0.05) is 11.7 Å². The average Bonchev–Trinajstić information content (AvgIpc) is 2.30. The lowest BCUT2D eigenvalue weighted by atomic mass is 9.81. The fraction of sp³-hybridized carbons (Fsp3) is 0.600. The third-order valence-electron chi connectivity index (χ3n) is 3.98. The highest BCUT2D eigenvalue weighted by atomic mass is 14.6. The van der Waals surface area contributed by atoms with Crippen molar-refractivity contribution in [2.75, 3.05) is 5.73 Å². The number of benzene rings is 1. The molecule has 1 aromatic carbocycles. The van der Waals surface area contributed by atoms with Crippen LogP contribution in [0.5, 0.6) is 0 Å². The van der Waals surface area contributed by atoms with Crippen LogP contribution >= 0.6 is 0 Å². The third kappa shape index (κ3) is 2.81.